The van der Waals surface area contributed by atoms with Crippen LogP contribution in [0.3, 0.4) is 0 Å². The molecule has 0 aliphatic carbocycles. The lowest BCUT2D eigenvalue weighted by Crippen LogP contribution is -2.39. The van der Waals surface area contributed by atoms with Crippen molar-refractivity contribution >= 4 is 17.8 Å². The zero-order valence-corrected chi connectivity index (χ0v) is 13.3. The van der Waals surface area contributed by atoms with Crippen LogP contribution in [0, 0.1) is 0 Å². The summed E-state index contributed by atoms with van der Waals surface area (Å²) in [6.45, 7) is 1.05. The lowest BCUT2D eigenvalue weighted by atomic mass is 10.2. The van der Waals surface area contributed by atoms with Crippen molar-refractivity contribution in [2.24, 2.45) is 0 Å². The molecule has 8 nitrogen and oxygen atoms in total. The molecule has 1 aromatic carbocycles. The number of carbonyl (C=O) groups is 2. The SMILES string of the molecule is COc1ccc(Cn2ccc(NC(=O)N[C@@H]3CNC(=O)C3)n2)cc1. The first-order valence-electron chi connectivity index (χ1n) is 7.63. The predicted molar refractivity (Wildman–Crippen MR) is 87.9 cm³/mol. The van der Waals surface area contributed by atoms with Gasteiger partial charge in [0.1, 0.15) is 5.75 Å². The number of benzene rings is 1. The molecule has 2 heterocycles. The van der Waals surface area contributed by atoms with Crippen LogP contribution < -0.4 is 20.7 Å². The van der Waals surface area contributed by atoms with Gasteiger partial charge in [0.25, 0.3) is 0 Å². The van der Waals surface area contributed by atoms with Crippen LogP contribution in [0.4, 0.5) is 10.6 Å². The molecule has 1 aliphatic heterocycles. The number of nitrogens with one attached hydrogen (secondary N) is 3. The van der Waals surface area contributed by atoms with Crippen molar-refractivity contribution in [3.05, 3.63) is 42.1 Å². The molecule has 0 bridgehead atoms. The third-order valence-electron chi connectivity index (χ3n) is 3.70. The number of methoxy groups -OCH3 is 1. The number of ether oxygens (including phenoxy) is 1. The van der Waals surface area contributed by atoms with Gasteiger partial charge in [-0.15, -0.1) is 0 Å². The summed E-state index contributed by atoms with van der Waals surface area (Å²) in [6, 6.07) is 8.88. The van der Waals surface area contributed by atoms with Crippen LogP contribution in [0.25, 0.3) is 0 Å². The molecule has 3 amide bonds. The molecule has 2 aromatic rings. The van der Waals surface area contributed by atoms with E-state index in [1.54, 1.807) is 24.1 Å². The number of carbonyl (C=O) groups excluding carboxylic acids is 2. The molecule has 126 valence electrons. The molecule has 0 spiro atoms. The Morgan fingerprint density at radius 2 is 2.17 bits per heavy atom. The Balaban J connectivity index is 1.52. The number of anilines is 1. The molecule has 0 radical (unpaired) electrons. The molecule has 3 N–H and O–H groups in total. The summed E-state index contributed by atoms with van der Waals surface area (Å²) < 4.78 is 6.86. The lowest BCUT2D eigenvalue weighted by Gasteiger charge is -2.10. The van der Waals surface area contributed by atoms with E-state index in [0.29, 0.717) is 25.3 Å². The van der Waals surface area contributed by atoms with E-state index in [2.05, 4.69) is 21.0 Å². The van der Waals surface area contributed by atoms with E-state index in [1.165, 1.54) is 0 Å². The third-order valence-corrected chi connectivity index (χ3v) is 3.70. The average molecular weight is 329 g/mol. The highest BCUT2D eigenvalue weighted by molar-refractivity contribution is 5.89. The summed E-state index contributed by atoms with van der Waals surface area (Å²) in [5.41, 5.74) is 1.07. The molecule has 8 heteroatoms. The van der Waals surface area contributed by atoms with Crippen molar-refractivity contribution in [3.8, 4) is 5.75 Å². The van der Waals surface area contributed by atoms with Crippen LogP contribution in [-0.2, 0) is 11.3 Å². The number of hydrogen-bond acceptors (Lipinski definition) is 4. The Morgan fingerprint density at radius 3 is 2.83 bits per heavy atom. The summed E-state index contributed by atoms with van der Waals surface area (Å²) in [5.74, 6) is 1.21. The molecular formula is C16H19N5O3. The van der Waals surface area contributed by atoms with Crippen LogP contribution in [0.2, 0.25) is 0 Å². The van der Waals surface area contributed by atoms with E-state index >= 15 is 0 Å². The zero-order valence-electron chi connectivity index (χ0n) is 13.3. The van der Waals surface area contributed by atoms with Gasteiger partial charge >= 0.3 is 6.03 Å². The third kappa shape index (κ3) is 4.03. The van der Waals surface area contributed by atoms with Crippen molar-refractivity contribution in [3.63, 3.8) is 0 Å². The molecule has 24 heavy (non-hydrogen) atoms. The summed E-state index contributed by atoms with van der Waals surface area (Å²) >= 11 is 0. The number of rotatable bonds is 5. The van der Waals surface area contributed by atoms with E-state index in [9.17, 15) is 9.59 Å². The fourth-order valence-electron chi connectivity index (χ4n) is 2.48. The molecule has 0 saturated carbocycles. The van der Waals surface area contributed by atoms with Crippen LogP contribution in [-0.4, -0.2) is 41.4 Å². The summed E-state index contributed by atoms with van der Waals surface area (Å²) in [5, 5.41) is 12.4. The van der Waals surface area contributed by atoms with Gasteiger partial charge in [-0.05, 0) is 17.7 Å². The zero-order chi connectivity index (χ0) is 16.9. The predicted octanol–water partition coefficient (Wildman–Crippen LogP) is 0.950. The van der Waals surface area contributed by atoms with Gasteiger partial charge in [-0.2, -0.15) is 5.10 Å². The first-order valence-corrected chi connectivity index (χ1v) is 7.63. The summed E-state index contributed by atoms with van der Waals surface area (Å²) in [7, 11) is 1.63. The van der Waals surface area contributed by atoms with Crippen molar-refractivity contribution < 1.29 is 14.3 Å². The van der Waals surface area contributed by atoms with Crippen molar-refractivity contribution in [1.82, 2.24) is 20.4 Å². The Kier molecular flexibility index (Phi) is 4.64. The first-order chi connectivity index (χ1) is 11.6. The van der Waals surface area contributed by atoms with E-state index in [0.717, 1.165) is 11.3 Å². The number of amides is 3. The Hall–Kier alpha value is -3.03. The minimum Gasteiger partial charge on any atom is -0.497 e. The van der Waals surface area contributed by atoms with Gasteiger partial charge in [0.05, 0.1) is 19.7 Å². The van der Waals surface area contributed by atoms with E-state index in [4.69, 9.17) is 4.74 Å². The Bertz CT molecular complexity index is 726. The maximum Gasteiger partial charge on any atom is 0.320 e. The van der Waals surface area contributed by atoms with Gasteiger partial charge in [0, 0.05) is 25.2 Å². The maximum atomic E-state index is 11.9. The summed E-state index contributed by atoms with van der Waals surface area (Å²) in [4.78, 5) is 23.0. The van der Waals surface area contributed by atoms with Crippen LogP contribution in [0.15, 0.2) is 36.5 Å². The van der Waals surface area contributed by atoms with Gasteiger partial charge in [-0.25, -0.2) is 4.79 Å². The first kappa shape index (κ1) is 15.9. The van der Waals surface area contributed by atoms with Crippen molar-refractivity contribution in [2.75, 3.05) is 19.0 Å². The average Bonchev–Trinajstić information content (AvgIpc) is 3.17. The van der Waals surface area contributed by atoms with Crippen LogP contribution in [0.5, 0.6) is 5.75 Å². The van der Waals surface area contributed by atoms with E-state index in [1.807, 2.05) is 24.3 Å². The molecule has 1 saturated heterocycles. The molecule has 3 rings (SSSR count). The monoisotopic (exact) mass is 329 g/mol. The van der Waals surface area contributed by atoms with Gasteiger partial charge in [-0.3, -0.25) is 14.8 Å². The molecule has 1 aliphatic rings. The van der Waals surface area contributed by atoms with Gasteiger partial charge in [0.2, 0.25) is 5.91 Å². The smallest absolute Gasteiger partial charge is 0.320 e. The normalized spacial score (nSPS) is 16.5. The van der Waals surface area contributed by atoms with Gasteiger partial charge < -0.3 is 15.4 Å². The highest BCUT2D eigenvalue weighted by Gasteiger charge is 2.22. The quantitative estimate of drug-likeness (QED) is 0.761. The standard InChI is InChI=1S/C16H19N5O3/c1-24-13-4-2-11(3-5-13)10-21-7-6-14(20-21)19-16(23)18-12-8-15(22)17-9-12/h2-7,12H,8-10H2,1H3,(H,17,22)(H2,18,19,20,23)/t12-/m0/s1. The lowest BCUT2D eigenvalue weighted by molar-refractivity contribution is -0.119. The number of urea groups is 1. The number of nitrogens with zero attached hydrogens (tertiary/aromatic N) is 2. The topological polar surface area (TPSA) is 97.3 Å². The van der Waals surface area contributed by atoms with Crippen molar-refractivity contribution in [1.29, 1.82) is 0 Å². The maximum absolute atomic E-state index is 11.9. The van der Waals surface area contributed by atoms with Crippen LogP contribution >= 0.6 is 0 Å². The molecule has 1 atom stereocenters. The van der Waals surface area contributed by atoms with Crippen molar-refractivity contribution in [2.45, 2.75) is 19.0 Å². The number of hydrogen-bond donors (Lipinski definition) is 3. The molecular weight excluding hydrogens is 310 g/mol. The molecule has 0 unspecified atom stereocenters. The Labute approximate surface area is 139 Å². The minimum absolute atomic E-state index is 0.0518. The van der Waals surface area contributed by atoms with Crippen LogP contribution in [0.1, 0.15) is 12.0 Å². The fraction of sp³-hybridized carbons (Fsp3) is 0.312. The Morgan fingerprint density at radius 1 is 1.38 bits per heavy atom. The van der Waals surface area contributed by atoms with Gasteiger partial charge in [-0.1, -0.05) is 12.1 Å². The second-order valence-corrected chi connectivity index (χ2v) is 5.55. The number of aromatic nitrogens is 2. The minimum atomic E-state index is -0.369. The highest BCUT2D eigenvalue weighted by Crippen LogP contribution is 2.13. The second-order valence-electron chi connectivity index (χ2n) is 5.55. The van der Waals surface area contributed by atoms with Gasteiger partial charge in [0.15, 0.2) is 5.82 Å². The second kappa shape index (κ2) is 7.03. The summed E-state index contributed by atoms with van der Waals surface area (Å²) in [6.07, 6.45) is 2.10. The van der Waals surface area contributed by atoms with E-state index in [-0.39, 0.29) is 18.0 Å². The molecule has 1 aromatic heterocycles. The fourth-order valence-corrected chi connectivity index (χ4v) is 2.48. The molecule has 1 fully saturated rings. The largest absolute Gasteiger partial charge is 0.497 e. The van der Waals surface area contributed by atoms with E-state index < -0.39 is 0 Å². The highest BCUT2D eigenvalue weighted by atomic mass is 16.5.